The van der Waals surface area contributed by atoms with E-state index in [0.717, 1.165) is 18.4 Å². The van der Waals surface area contributed by atoms with Gasteiger partial charge in [0.25, 0.3) is 0 Å². The Morgan fingerprint density at radius 2 is 2.11 bits per heavy atom. The largest absolute Gasteiger partial charge is 0.364 e. The number of halogens is 1. The molecule has 3 N–H and O–H groups in total. The Kier molecular flexibility index (Phi) is 4.87. The first-order valence-corrected chi connectivity index (χ1v) is 6.56. The highest BCUT2D eigenvalue weighted by Crippen LogP contribution is 2.18. The number of hydrogen-bond acceptors (Lipinski definition) is 3. The predicted molar refractivity (Wildman–Crippen MR) is 70.1 cm³/mol. The molecule has 1 amide bonds. The van der Waals surface area contributed by atoms with Crippen LogP contribution in [0.3, 0.4) is 0 Å². The van der Waals surface area contributed by atoms with E-state index in [1.54, 1.807) is 12.1 Å². The number of carbonyl (C=O) groups excluding carboxylic acids is 1. The van der Waals surface area contributed by atoms with E-state index >= 15 is 0 Å². The molecule has 5 heteroatoms. The van der Waals surface area contributed by atoms with Crippen LogP contribution in [-0.2, 0) is 16.0 Å². The van der Waals surface area contributed by atoms with E-state index in [0.29, 0.717) is 19.5 Å². The molecule has 1 aliphatic rings. The monoisotopic (exact) mass is 266 g/mol. The van der Waals surface area contributed by atoms with Crippen molar-refractivity contribution >= 4 is 5.91 Å². The quantitative estimate of drug-likeness (QED) is 0.835. The highest BCUT2D eigenvalue weighted by atomic mass is 19.1. The van der Waals surface area contributed by atoms with E-state index in [2.05, 4.69) is 5.32 Å². The molecule has 19 heavy (non-hydrogen) atoms. The molecule has 1 aromatic rings. The summed E-state index contributed by atoms with van der Waals surface area (Å²) in [5.74, 6) is -0.335. The number of rotatable bonds is 5. The summed E-state index contributed by atoms with van der Waals surface area (Å²) in [6.45, 7) is 0.983. The van der Waals surface area contributed by atoms with Gasteiger partial charge in [0.05, 0.1) is 6.10 Å². The first-order valence-electron chi connectivity index (χ1n) is 6.56. The van der Waals surface area contributed by atoms with Crippen LogP contribution in [0.4, 0.5) is 4.39 Å². The third-order valence-corrected chi connectivity index (χ3v) is 3.29. The summed E-state index contributed by atoms with van der Waals surface area (Å²) in [4.78, 5) is 11.8. The zero-order chi connectivity index (χ0) is 13.7. The summed E-state index contributed by atoms with van der Waals surface area (Å²) in [5, 5.41) is 2.83. The summed E-state index contributed by atoms with van der Waals surface area (Å²) < 4.78 is 18.2. The van der Waals surface area contributed by atoms with Gasteiger partial charge in [0.15, 0.2) is 0 Å². The molecule has 1 heterocycles. The molecule has 0 saturated carbocycles. The minimum absolute atomic E-state index is 0.00727. The molecule has 0 aliphatic carbocycles. The highest BCUT2D eigenvalue weighted by Gasteiger charge is 2.29. The maximum absolute atomic E-state index is 12.7. The Hall–Kier alpha value is -1.46. The lowest BCUT2D eigenvalue weighted by Crippen LogP contribution is -2.36. The van der Waals surface area contributed by atoms with E-state index < -0.39 is 0 Å². The molecule has 1 fully saturated rings. The van der Waals surface area contributed by atoms with Crippen molar-refractivity contribution in [3.05, 3.63) is 35.6 Å². The van der Waals surface area contributed by atoms with Gasteiger partial charge in [-0.1, -0.05) is 12.1 Å². The fourth-order valence-electron chi connectivity index (χ4n) is 2.17. The molecule has 0 bridgehead atoms. The van der Waals surface area contributed by atoms with Crippen LogP contribution in [0.25, 0.3) is 0 Å². The van der Waals surface area contributed by atoms with E-state index in [1.807, 2.05) is 0 Å². The molecular formula is C14H19FN2O2. The van der Waals surface area contributed by atoms with Gasteiger partial charge < -0.3 is 15.8 Å². The molecule has 104 valence electrons. The standard InChI is InChI=1S/C14H19FN2O2/c15-11-3-1-10(2-4-11)7-8-17-14(18)13-6-5-12(9-16)19-13/h1-4,12-13H,5-9,16H2,(H,17,18)/t12-,13+/m1/s1. The maximum Gasteiger partial charge on any atom is 0.249 e. The Morgan fingerprint density at radius 1 is 1.37 bits per heavy atom. The molecule has 1 saturated heterocycles. The number of carbonyl (C=O) groups is 1. The van der Waals surface area contributed by atoms with Gasteiger partial charge >= 0.3 is 0 Å². The van der Waals surface area contributed by atoms with Crippen molar-refractivity contribution in [2.45, 2.75) is 31.5 Å². The third-order valence-electron chi connectivity index (χ3n) is 3.29. The third kappa shape index (κ3) is 4.01. The van der Waals surface area contributed by atoms with Crippen LogP contribution in [0.2, 0.25) is 0 Å². The van der Waals surface area contributed by atoms with Crippen molar-refractivity contribution in [3.63, 3.8) is 0 Å². The van der Waals surface area contributed by atoms with Crippen LogP contribution in [0.1, 0.15) is 18.4 Å². The molecule has 4 nitrogen and oxygen atoms in total. The van der Waals surface area contributed by atoms with Crippen LogP contribution < -0.4 is 11.1 Å². The smallest absolute Gasteiger partial charge is 0.249 e. The van der Waals surface area contributed by atoms with Crippen molar-refractivity contribution in [1.29, 1.82) is 0 Å². The SMILES string of the molecule is NC[C@H]1CC[C@@H](C(=O)NCCc2ccc(F)cc2)O1. The number of nitrogens with two attached hydrogens (primary N) is 1. The minimum atomic E-state index is -0.373. The van der Waals surface area contributed by atoms with Crippen LogP contribution in [-0.4, -0.2) is 31.2 Å². The van der Waals surface area contributed by atoms with Crippen molar-refractivity contribution in [1.82, 2.24) is 5.32 Å². The van der Waals surface area contributed by atoms with Crippen LogP contribution in [0.15, 0.2) is 24.3 Å². The summed E-state index contributed by atoms with van der Waals surface area (Å²) >= 11 is 0. The molecule has 0 aromatic heterocycles. The molecule has 0 spiro atoms. The van der Waals surface area contributed by atoms with Crippen LogP contribution >= 0.6 is 0 Å². The van der Waals surface area contributed by atoms with Crippen LogP contribution in [0, 0.1) is 5.82 Å². The lowest BCUT2D eigenvalue weighted by atomic mass is 10.1. The Labute approximate surface area is 112 Å². The zero-order valence-electron chi connectivity index (χ0n) is 10.8. The topological polar surface area (TPSA) is 64.4 Å². The van der Waals surface area contributed by atoms with Gasteiger partial charge in [-0.05, 0) is 37.0 Å². The van der Waals surface area contributed by atoms with E-state index in [-0.39, 0.29) is 23.9 Å². The second-order valence-corrected chi connectivity index (χ2v) is 4.73. The van der Waals surface area contributed by atoms with Gasteiger partial charge in [0, 0.05) is 13.1 Å². The van der Waals surface area contributed by atoms with Crippen molar-refractivity contribution in [2.24, 2.45) is 5.73 Å². The van der Waals surface area contributed by atoms with E-state index in [4.69, 9.17) is 10.5 Å². The zero-order valence-corrected chi connectivity index (χ0v) is 10.8. The Balaban J connectivity index is 1.71. The number of amides is 1. The number of nitrogens with one attached hydrogen (secondary N) is 1. The van der Waals surface area contributed by atoms with Gasteiger partial charge in [-0.15, -0.1) is 0 Å². The number of benzene rings is 1. The molecular weight excluding hydrogens is 247 g/mol. The molecule has 1 aliphatic heterocycles. The van der Waals surface area contributed by atoms with Crippen molar-refractivity contribution in [3.8, 4) is 0 Å². The summed E-state index contributed by atoms with van der Waals surface area (Å²) in [7, 11) is 0. The van der Waals surface area contributed by atoms with E-state index in [9.17, 15) is 9.18 Å². The normalized spacial score (nSPS) is 22.4. The van der Waals surface area contributed by atoms with Crippen molar-refractivity contribution < 1.29 is 13.9 Å². The summed E-state index contributed by atoms with van der Waals surface area (Å²) in [6, 6.07) is 6.28. The predicted octanol–water partition coefficient (Wildman–Crippen LogP) is 0.991. The second-order valence-electron chi connectivity index (χ2n) is 4.73. The van der Waals surface area contributed by atoms with Crippen LogP contribution in [0.5, 0.6) is 0 Å². The highest BCUT2D eigenvalue weighted by molar-refractivity contribution is 5.81. The van der Waals surface area contributed by atoms with Gasteiger partial charge in [-0.2, -0.15) is 0 Å². The molecule has 0 radical (unpaired) electrons. The van der Waals surface area contributed by atoms with Crippen molar-refractivity contribution in [2.75, 3.05) is 13.1 Å². The number of hydrogen-bond donors (Lipinski definition) is 2. The molecule has 2 rings (SSSR count). The first-order chi connectivity index (χ1) is 9.19. The maximum atomic E-state index is 12.7. The second kappa shape index (κ2) is 6.63. The summed E-state index contributed by atoms with van der Waals surface area (Å²) in [6.07, 6.45) is 1.88. The van der Waals surface area contributed by atoms with Gasteiger partial charge in [0.1, 0.15) is 11.9 Å². The molecule has 0 unspecified atom stereocenters. The van der Waals surface area contributed by atoms with Gasteiger partial charge in [-0.25, -0.2) is 4.39 Å². The fourth-order valence-corrected chi connectivity index (χ4v) is 2.17. The van der Waals surface area contributed by atoms with Gasteiger partial charge in [-0.3, -0.25) is 4.79 Å². The minimum Gasteiger partial charge on any atom is -0.364 e. The first kappa shape index (κ1) is 14.0. The fraction of sp³-hybridized carbons (Fsp3) is 0.500. The summed E-state index contributed by atoms with van der Waals surface area (Å²) in [5.41, 5.74) is 6.49. The number of ether oxygens (including phenoxy) is 1. The lowest BCUT2D eigenvalue weighted by Gasteiger charge is -2.12. The lowest BCUT2D eigenvalue weighted by molar-refractivity contribution is -0.131. The molecule has 1 aromatic carbocycles. The van der Waals surface area contributed by atoms with E-state index in [1.165, 1.54) is 12.1 Å². The average Bonchev–Trinajstić information content (AvgIpc) is 2.90. The Bertz CT molecular complexity index is 422. The average molecular weight is 266 g/mol. The van der Waals surface area contributed by atoms with Gasteiger partial charge in [0.2, 0.25) is 5.91 Å². The Morgan fingerprint density at radius 3 is 2.74 bits per heavy atom. The molecule has 2 atom stereocenters.